The van der Waals surface area contributed by atoms with Crippen LogP contribution in [0, 0.1) is 6.92 Å². The topological polar surface area (TPSA) is 112 Å². The molecule has 0 radical (unpaired) electrons. The zero-order valence-corrected chi connectivity index (χ0v) is 17.3. The van der Waals surface area contributed by atoms with Crippen LogP contribution in [0.25, 0.3) is 11.3 Å². The summed E-state index contributed by atoms with van der Waals surface area (Å²) < 4.78 is 27.7. The van der Waals surface area contributed by atoms with E-state index in [0.29, 0.717) is 5.69 Å². The van der Waals surface area contributed by atoms with Gasteiger partial charge in [-0.3, -0.25) is 0 Å². The highest BCUT2D eigenvalue weighted by Crippen LogP contribution is 2.30. The summed E-state index contributed by atoms with van der Waals surface area (Å²) in [5.74, 6) is 0.0138. The maximum atomic E-state index is 8.45. The van der Waals surface area contributed by atoms with Crippen molar-refractivity contribution < 1.29 is 12.2 Å². The van der Waals surface area contributed by atoms with E-state index in [0.717, 1.165) is 25.1 Å². The van der Waals surface area contributed by atoms with Crippen molar-refractivity contribution in [3.05, 3.63) is 52.8 Å². The number of aryl methyl sites for hydroxylation is 1. The van der Waals surface area contributed by atoms with Crippen LogP contribution in [0.2, 0.25) is 0 Å². The smallest absolute Gasteiger partial charge is 0.258 e. The predicted octanol–water partition coefficient (Wildman–Crippen LogP) is 2.59. The molecule has 1 aliphatic heterocycles. The van der Waals surface area contributed by atoms with Crippen molar-refractivity contribution in [3.8, 4) is 22.9 Å². The van der Waals surface area contributed by atoms with E-state index in [1.165, 1.54) is 36.1 Å². The summed E-state index contributed by atoms with van der Waals surface area (Å²) in [6, 6.07) is 5.60. The van der Waals surface area contributed by atoms with Crippen molar-refractivity contribution in [1.29, 1.82) is 0 Å². The Morgan fingerprint density at radius 1 is 1.23 bits per heavy atom. The van der Waals surface area contributed by atoms with Gasteiger partial charge in [-0.1, -0.05) is 0 Å². The molecule has 0 fully saturated rings. The van der Waals surface area contributed by atoms with Crippen LogP contribution in [0.4, 0.5) is 11.6 Å². The van der Waals surface area contributed by atoms with Crippen LogP contribution in [-0.2, 0) is 19.5 Å². The molecule has 0 bridgehead atoms. The van der Waals surface area contributed by atoms with E-state index in [2.05, 4.69) is 46.0 Å². The Hall–Kier alpha value is -3.39. The van der Waals surface area contributed by atoms with Crippen LogP contribution >= 0.6 is 0 Å². The maximum absolute atomic E-state index is 8.45. The van der Waals surface area contributed by atoms with Crippen molar-refractivity contribution >= 4 is 11.6 Å². The number of nitrogen functional groups attached to an aromatic ring is 2. The van der Waals surface area contributed by atoms with Crippen molar-refractivity contribution in [1.82, 2.24) is 19.9 Å². The van der Waals surface area contributed by atoms with E-state index in [-0.39, 0.29) is 28.8 Å². The fourth-order valence-electron chi connectivity index (χ4n) is 3.67. The number of nitrogens with two attached hydrogens (primary N) is 2. The third-order valence-corrected chi connectivity index (χ3v) is 5.21. The fourth-order valence-corrected chi connectivity index (χ4v) is 3.67. The molecule has 8 nitrogen and oxygen atoms in total. The molecule has 1 aromatic carbocycles. The van der Waals surface area contributed by atoms with Crippen LogP contribution in [-0.4, -0.2) is 40.6 Å². The lowest BCUT2D eigenvalue weighted by Gasteiger charge is -2.27. The zero-order chi connectivity index (χ0) is 23.0. The number of hydrogen-bond donors (Lipinski definition) is 2. The lowest BCUT2D eigenvalue weighted by Crippen LogP contribution is -2.27. The molecule has 2 aromatic heterocycles. The van der Waals surface area contributed by atoms with E-state index in [1.54, 1.807) is 6.20 Å². The monoisotopic (exact) mass is 408 g/mol. The van der Waals surface area contributed by atoms with Crippen LogP contribution in [0.3, 0.4) is 0 Å². The molecule has 0 atom stereocenters. The molecule has 3 aromatic rings. The molecule has 3 heterocycles. The molecule has 8 heteroatoms. The van der Waals surface area contributed by atoms with Gasteiger partial charge >= 0.3 is 0 Å². The number of likely N-dealkylation sites (N-methyl/N-ethyl adjacent to an activating group) is 1. The molecule has 4 N–H and O–H groups in total. The Balaban J connectivity index is 1.71. The average molecular weight is 409 g/mol. The molecule has 0 saturated carbocycles. The van der Waals surface area contributed by atoms with Gasteiger partial charge in [0.05, 0.1) is 21.7 Å². The van der Waals surface area contributed by atoms with Crippen LogP contribution in [0.1, 0.15) is 25.0 Å². The van der Waals surface area contributed by atoms with Crippen molar-refractivity contribution in [2.75, 3.05) is 32.2 Å². The number of aromatic nitrogens is 3. The highest BCUT2D eigenvalue weighted by atomic mass is 16.5. The van der Waals surface area contributed by atoms with E-state index in [4.69, 9.17) is 23.7 Å². The first-order valence-electron chi connectivity index (χ1n) is 10.6. The molecule has 1 aliphatic rings. The van der Waals surface area contributed by atoms with Gasteiger partial charge in [-0.05, 0) is 55.3 Å². The van der Waals surface area contributed by atoms with Crippen LogP contribution in [0.5, 0.6) is 11.6 Å². The number of benzene rings is 1. The highest BCUT2D eigenvalue weighted by molar-refractivity contribution is 5.64. The number of anilines is 2. The predicted molar refractivity (Wildman–Crippen MR) is 116 cm³/mol. The number of methoxy groups -OCH3 is 1. The first kappa shape index (κ1) is 17.5. The summed E-state index contributed by atoms with van der Waals surface area (Å²) in [5, 5.41) is 0. The number of rotatable bonds is 5. The van der Waals surface area contributed by atoms with Crippen molar-refractivity contribution in [3.63, 3.8) is 0 Å². The second kappa shape index (κ2) is 8.16. The molecule has 0 aliphatic carbocycles. The zero-order valence-electron chi connectivity index (χ0n) is 19.3. The maximum Gasteiger partial charge on any atom is 0.258 e. The van der Waals surface area contributed by atoms with Gasteiger partial charge in [0, 0.05) is 30.4 Å². The van der Waals surface area contributed by atoms with Gasteiger partial charge in [0.15, 0.2) is 17.4 Å². The molecule has 0 amide bonds. The Morgan fingerprint density at radius 3 is 2.87 bits per heavy atom. The molecule has 4 rings (SSSR count). The molecular weight excluding hydrogens is 380 g/mol. The molecule has 0 spiro atoms. The minimum Gasteiger partial charge on any atom is -0.492 e. The molecular formula is C22H26N6O2. The lowest BCUT2D eigenvalue weighted by atomic mass is 9.92. The third kappa shape index (κ3) is 3.86. The third-order valence-electron chi connectivity index (χ3n) is 5.21. The quantitative estimate of drug-likeness (QED) is 0.662. The number of hydrogen-bond acceptors (Lipinski definition) is 8. The molecule has 30 heavy (non-hydrogen) atoms. The minimum absolute atomic E-state index is 0.0203. The fraction of sp³-hybridized carbons (Fsp3) is 0.318. The van der Waals surface area contributed by atoms with Gasteiger partial charge in [-0.2, -0.15) is 0 Å². The van der Waals surface area contributed by atoms with Gasteiger partial charge in [0.1, 0.15) is 6.56 Å². The van der Waals surface area contributed by atoms with E-state index in [1.807, 2.05) is 0 Å². The number of pyridine rings is 1. The SMILES string of the molecule is [2H]C([2H])(Oc1nc(-c2cc(C)c3c(c2)CN(C)CC3)cnc1N)c1ccnc(N)c1OC. The Bertz CT molecular complexity index is 1170. The minimum atomic E-state index is -2.34. The second-order valence-corrected chi connectivity index (χ2v) is 7.35. The Kier molecular flexibility index (Phi) is 4.75. The number of fused-ring (bicyclic) bond motifs is 1. The summed E-state index contributed by atoms with van der Waals surface area (Å²) in [6.07, 6.45) is 3.96. The summed E-state index contributed by atoms with van der Waals surface area (Å²) in [7, 11) is 3.49. The van der Waals surface area contributed by atoms with Gasteiger partial charge in [-0.15, -0.1) is 0 Å². The van der Waals surface area contributed by atoms with Crippen molar-refractivity contribution in [2.45, 2.75) is 26.4 Å². The van der Waals surface area contributed by atoms with Gasteiger partial charge in [-0.25, -0.2) is 15.0 Å². The summed E-state index contributed by atoms with van der Waals surface area (Å²) >= 11 is 0. The molecule has 156 valence electrons. The normalized spacial score (nSPS) is 15.2. The van der Waals surface area contributed by atoms with Crippen LogP contribution < -0.4 is 20.9 Å². The number of ether oxygens (including phenoxy) is 2. The lowest BCUT2D eigenvalue weighted by molar-refractivity contribution is 0.286. The average Bonchev–Trinajstić information content (AvgIpc) is 2.74. The van der Waals surface area contributed by atoms with E-state index in [9.17, 15) is 0 Å². The highest BCUT2D eigenvalue weighted by Gasteiger charge is 2.18. The first-order chi connectivity index (χ1) is 15.2. The number of nitrogens with zero attached hydrogens (tertiary/aromatic N) is 4. The van der Waals surface area contributed by atoms with Crippen molar-refractivity contribution in [2.24, 2.45) is 0 Å². The Labute approximate surface area is 178 Å². The largest absolute Gasteiger partial charge is 0.492 e. The Morgan fingerprint density at radius 2 is 2.07 bits per heavy atom. The van der Waals surface area contributed by atoms with Gasteiger partial charge < -0.3 is 25.8 Å². The van der Waals surface area contributed by atoms with E-state index >= 15 is 0 Å². The van der Waals surface area contributed by atoms with Crippen LogP contribution in [0.15, 0.2) is 30.6 Å². The molecule has 0 unspecified atom stereocenters. The van der Waals surface area contributed by atoms with Gasteiger partial charge in [0.2, 0.25) is 0 Å². The van der Waals surface area contributed by atoms with E-state index < -0.39 is 6.56 Å². The first-order valence-corrected chi connectivity index (χ1v) is 9.61. The summed E-state index contributed by atoms with van der Waals surface area (Å²) in [5.41, 5.74) is 17.1. The van der Waals surface area contributed by atoms with Gasteiger partial charge in [0.25, 0.3) is 5.88 Å². The standard InChI is InChI=1S/C22H26N6O2/c1-13-8-15(9-16-11-28(2)7-5-17(13)16)18-10-26-21(24)22(27-18)30-12-14-4-6-25-20(23)19(14)29-3/h4,6,8-10H,5,7,11-12H2,1-3H3,(H2,23,25)(H2,24,26)/i12D2. The molecule has 0 saturated heterocycles. The summed E-state index contributed by atoms with van der Waals surface area (Å²) in [6.45, 7) is 1.65. The second-order valence-electron chi connectivity index (χ2n) is 7.35. The summed E-state index contributed by atoms with van der Waals surface area (Å²) in [4.78, 5) is 14.9.